The average molecular weight is 198 g/mol. The Bertz CT molecular complexity index is 559. The summed E-state index contributed by atoms with van der Waals surface area (Å²) in [6.07, 6.45) is 0. The lowest BCUT2D eigenvalue weighted by Crippen LogP contribution is -2.10. The van der Waals surface area contributed by atoms with Crippen LogP contribution in [-0.4, -0.2) is 26.5 Å². The number of hydrogen-bond donors (Lipinski definition) is 1. The molecule has 0 aliphatic carbocycles. The Balaban J connectivity index is 2.96. The molecule has 1 aromatic heterocycles. The predicted molar refractivity (Wildman–Crippen MR) is 57.2 cm³/mol. The lowest BCUT2D eigenvalue weighted by molar-refractivity contribution is 0.998. The number of H-pyrrole nitrogens is 1. The molecule has 1 N–H and O–H groups in total. The fraction of sp³-hybridized carbons (Fsp3) is 0. The van der Waals surface area contributed by atoms with Crippen molar-refractivity contribution in [3.8, 4) is 0 Å². The highest BCUT2D eigenvalue weighted by Crippen LogP contribution is 2.16. The van der Waals surface area contributed by atoms with Crippen LogP contribution in [0, 0.1) is 0 Å². The molecule has 0 saturated heterocycles. The summed E-state index contributed by atoms with van der Waals surface area (Å²) in [7, 11) is 0. The molecular weight excluding hydrogens is 191 g/mol. The van der Waals surface area contributed by atoms with Crippen molar-refractivity contribution < 1.29 is 0 Å². The van der Waals surface area contributed by atoms with E-state index >= 15 is 0 Å². The van der Waals surface area contributed by atoms with E-state index in [0.717, 1.165) is 9.82 Å². The fourth-order valence-corrected chi connectivity index (χ4v) is 1.58. The van der Waals surface area contributed by atoms with Crippen LogP contribution in [0.5, 0.6) is 0 Å². The normalized spacial score (nSPS) is 10.3. The van der Waals surface area contributed by atoms with Crippen LogP contribution < -0.4 is 5.56 Å². The first-order valence-corrected chi connectivity index (χ1v) is 4.70. The number of aromatic amines is 1. The number of aromatic nitrogens is 2. The van der Waals surface area contributed by atoms with Gasteiger partial charge in [0.2, 0.25) is 0 Å². The quantitative estimate of drug-likeness (QED) is 0.696. The van der Waals surface area contributed by atoms with E-state index < -0.39 is 0 Å². The molecule has 0 fully saturated rings. The summed E-state index contributed by atoms with van der Waals surface area (Å²) in [6, 6.07) is 7.34. The molecule has 0 bridgehead atoms. The van der Waals surface area contributed by atoms with Gasteiger partial charge in [-0.3, -0.25) is 4.79 Å². The van der Waals surface area contributed by atoms with Gasteiger partial charge in [-0.1, -0.05) is 18.2 Å². The van der Waals surface area contributed by atoms with Crippen LogP contribution in [0.2, 0.25) is 0 Å². The van der Waals surface area contributed by atoms with Crippen molar-refractivity contribution in [3.05, 3.63) is 46.9 Å². The third-order valence-corrected chi connectivity index (χ3v) is 2.27. The molecule has 1 heterocycles. The number of rotatable bonds is 1. The van der Waals surface area contributed by atoms with Gasteiger partial charge in [-0.2, -0.15) is 5.10 Å². The number of nitrogens with one attached hydrogen (secondary N) is 1. The van der Waals surface area contributed by atoms with E-state index in [1.54, 1.807) is 6.07 Å². The van der Waals surface area contributed by atoms with Gasteiger partial charge >= 0.3 is 0 Å². The van der Waals surface area contributed by atoms with Gasteiger partial charge in [0.1, 0.15) is 0 Å². The van der Waals surface area contributed by atoms with Gasteiger partial charge in [0.15, 0.2) is 16.3 Å². The van der Waals surface area contributed by atoms with Crippen molar-refractivity contribution in [2.24, 2.45) is 0 Å². The molecule has 0 amide bonds. The minimum absolute atomic E-state index is 0.171. The molecule has 0 aliphatic heterocycles. The van der Waals surface area contributed by atoms with Crippen LogP contribution in [0.25, 0.3) is 15.2 Å². The monoisotopic (exact) mass is 198 g/mol. The van der Waals surface area contributed by atoms with E-state index in [2.05, 4.69) is 33.1 Å². The van der Waals surface area contributed by atoms with Crippen LogP contribution in [0.1, 0.15) is 5.69 Å². The highest BCUT2D eigenvalue weighted by molar-refractivity contribution is 6.42. The van der Waals surface area contributed by atoms with E-state index in [9.17, 15) is 4.79 Å². The van der Waals surface area contributed by atoms with Gasteiger partial charge < -0.3 is 0 Å². The molecule has 1 aromatic carbocycles. The largest absolute Gasteiger partial charge is 0.272 e. The van der Waals surface area contributed by atoms with Gasteiger partial charge in [0.05, 0.1) is 11.1 Å². The number of benzene rings is 1. The lowest BCUT2D eigenvalue weighted by Gasteiger charge is -2.03. The van der Waals surface area contributed by atoms with Crippen molar-refractivity contribution in [2.45, 2.75) is 0 Å². The zero-order valence-corrected chi connectivity index (χ0v) is 8.60. The molecule has 14 heavy (non-hydrogen) atoms. The Morgan fingerprint density at radius 3 is 2.64 bits per heavy atom. The maximum Gasteiger partial charge on any atom is 0.272 e. The molecule has 2 aromatic rings. The van der Waals surface area contributed by atoms with E-state index in [1.165, 1.54) is 0 Å². The second kappa shape index (κ2) is 3.41. The topological polar surface area (TPSA) is 45.8 Å². The van der Waals surface area contributed by atoms with Crippen molar-refractivity contribution in [2.75, 3.05) is 0 Å². The second-order valence-corrected chi connectivity index (χ2v) is 3.67. The average Bonchev–Trinajstić information content (AvgIpc) is 2.18. The van der Waals surface area contributed by atoms with Gasteiger partial charge in [-0.25, -0.2) is 5.10 Å². The van der Waals surface area contributed by atoms with Crippen LogP contribution in [0.4, 0.5) is 0 Å². The maximum absolute atomic E-state index is 11.4. The molecule has 0 aliphatic rings. The summed E-state index contributed by atoms with van der Waals surface area (Å²) < 4.78 is 0.762. The van der Waals surface area contributed by atoms with E-state index in [4.69, 9.17) is 0 Å². The molecule has 2 radical (unpaired) electrons. The molecule has 4 heteroatoms. The summed E-state index contributed by atoms with van der Waals surface area (Å²) >= 11 is 2.48. The predicted octanol–water partition coefficient (Wildman–Crippen LogP) is 1.06. The highest BCUT2D eigenvalue weighted by Gasteiger charge is 2.04. The Morgan fingerprint density at radius 1 is 1.36 bits per heavy atom. The lowest BCUT2D eigenvalue weighted by atomic mass is 10.1. The molecule has 0 spiro atoms. The van der Waals surface area contributed by atoms with E-state index in [1.807, 2.05) is 18.2 Å². The first-order chi connectivity index (χ1) is 6.70. The van der Waals surface area contributed by atoms with Crippen molar-refractivity contribution in [1.82, 2.24) is 10.2 Å². The first kappa shape index (κ1) is 9.20. The Morgan fingerprint density at radius 2 is 2.00 bits per heavy atom. The highest BCUT2D eigenvalue weighted by atomic mass is 27.0. The zero-order valence-electron chi connectivity index (χ0n) is 7.45. The van der Waals surface area contributed by atoms with E-state index in [0.29, 0.717) is 11.1 Å². The van der Waals surface area contributed by atoms with Gasteiger partial charge in [0.25, 0.3) is 5.56 Å². The third kappa shape index (κ3) is 1.39. The Hall–Kier alpha value is -1.37. The van der Waals surface area contributed by atoms with Gasteiger partial charge in [0, 0.05) is 5.39 Å². The van der Waals surface area contributed by atoms with Gasteiger partial charge in [-0.05, 0) is 6.07 Å². The summed E-state index contributed by atoms with van der Waals surface area (Å²) in [5.74, 6) is 0. The minimum Gasteiger partial charge on any atom is -0.267 e. The van der Waals surface area contributed by atoms with Crippen LogP contribution in [0.15, 0.2) is 35.6 Å². The molecule has 3 nitrogen and oxygen atoms in total. The minimum atomic E-state index is -0.171. The molecule has 0 unspecified atom stereocenters. The molecule has 0 saturated carbocycles. The molecular formula is C10H7AlN2O. The fourth-order valence-electron chi connectivity index (χ4n) is 1.36. The second-order valence-electron chi connectivity index (χ2n) is 2.97. The van der Waals surface area contributed by atoms with Crippen molar-refractivity contribution in [3.63, 3.8) is 0 Å². The maximum atomic E-state index is 11.4. The Kier molecular flexibility index (Phi) is 2.24. The molecule has 66 valence electrons. The summed E-state index contributed by atoms with van der Waals surface area (Å²) in [5.41, 5.74) is 0.542. The first-order valence-electron chi connectivity index (χ1n) is 4.12. The third-order valence-electron chi connectivity index (χ3n) is 2.00. The smallest absolute Gasteiger partial charge is 0.267 e. The Labute approximate surface area is 88.9 Å². The number of nitrogens with zero attached hydrogens (tertiary/aromatic N) is 1. The zero-order chi connectivity index (χ0) is 10.1. The summed E-state index contributed by atoms with van der Waals surface area (Å²) in [4.78, 5) is 11.4. The SMILES string of the molecule is C=[C]([Al])c1n[nH]c(=O)c2ccccc12. The molecule has 2 rings (SSSR count). The summed E-state index contributed by atoms with van der Waals surface area (Å²) in [6.45, 7) is 3.78. The van der Waals surface area contributed by atoms with Crippen LogP contribution >= 0.6 is 0 Å². The van der Waals surface area contributed by atoms with Crippen molar-refractivity contribution >= 4 is 31.5 Å². The van der Waals surface area contributed by atoms with E-state index in [-0.39, 0.29) is 5.56 Å². The number of hydrogen-bond acceptors (Lipinski definition) is 2. The summed E-state index contributed by atoms with van der Waals surface area (Å²) in [5, 5.41) is 7.86. The van der Waals surface area contributed by atoms with Crippen LogP contribution in [-0.2, 0) is 0 Å². The van der Waals surface area contributed by atoms with Crippen molar-refractivity contribution in [1.29, 1.82) is 0 Å². The molecule has 0 atom stereocenters. The number of fused-ring (bicyclic) bond motifs is 1. The van der Waals surface area contributed by atoms with Crippen LogP contribution in [0.3, 0.4) is 0 Å². The van der Waals surface area contributed by atoms with Gasteiger partial charge in [-0.15, -0.1) is 11.0 Å². The standard InChI is InChI=1S/C10H7N2O.Al/c1-2-9-7-5-3-4-6-8(7)10(13)12-11-9;/h3-6H,1H2,(H,12,13);.